The molecule has 0 aromatic carbocycles. The molecule has 0 aromatic rings. The molecule has 102 valence electrons. The molecule has 17 heavy (non-hydrogen) atoms. The molecule has 1 saturated carbocycles. The van der Waals surface area contributed by atoms with E-state index in [9.17, 15) is 5.11 Å². The molecular formula is C14H29NO2. The van der Waals surface area contributed by atoms with Crippen LogP contribution in [-0.2, 0) is 4.74 Å². The maximum Gasteiger partial charge on any atom is 0.0675 e. The van der Waals surface area contributed by atoms with Gasteiger partial charge in [0, 0.05) is 0 Å². The summed E-state index contributed by atoms with van der Waals surface area (Å²) in [7, 11) is 0. The smallest absolute Gasteiger partial charge is 0.0675 e. The molecule has 1 aliphatic rings. The summed E-state index contributed by atoms with van der Waals surface area (Å²) >= 11 is 0. The van der Waals surface area contributed by atoms with Crippen molar-refractivity contribution in [2.24, 2.45) is 11.7 Å². The van der Waals surface area contributed by atoms with Gasteiger partial charge in [-0.3, -0.25) is 0 Å². The Bertz CT molecular complexity index is 206. The zero-order valence-corrected chi connectivity index (χ0v) is 11.5. The summed E-state index contributed by atoms with van der Waals surface area (Å²) in [5.74, 6) is 0.472. The first-order valence-electron chi connectivity index (χ1n) is 7.13. The Balaban J connectivity index is 2.11. The summed E-state index contributed by atoms with van der Waals surface area (Å²) in [4.78, 5) is 0. The van der Waals surface area contributed by atoms with E-state index in [2.05, 4.69) is 13.8 Å². The highest BCUT2D eigenvalue weighted by molar-refractivity contribution is 4.98. The zero-order chi connectivity index (χ0) is 12.7. The topological polar surface area (TPSA) is 55.5 Å². The molecule has 2 atom stereocenters. The van der Waals surface area contributed by atoms with Crippen LogP contribution < -0.4 is 5.73 Å². The van der Waals surface area contributed by atoms with Crippen LogP contribution in [-0.4, -0.2) is 30.0 Å². The second-order valence-corrected chi connectivity index (χ2v) is 5.64. The number of rotatable bonds is 10. The third kappa shape index (κ3) is 5.36. The summed E-state index contributed by atoms with van der Waals surface area (Å²) in [5, 5.41) is 9.35. The number of aliphatic hydroxyl groups is 1. The van der Waals surface area contributed by atoms with Crippen molar-refractivity contribution in [1.29, 1.82) is 0 Å². The average molecular weight is 243 g/mol. The van der Waals surface area contributed by atoms with Crippen LogP contribution >= 0.6 is 0 Å². The van der Waals surface area contributed by atoms with Crippen LogP contribution in [0.15, 0.2) is 0 Å². The van der Waals surface area contributed by atoms with E-state index < -0.39 is 5.54 Å². The number of nitrogens with two attached hydrogens (primary N) is 1. The summed E-state index contributed by atoms with van der Waals surface area (Å²) in [6.45, 7) is 4.87. The fraction of sp³-hybridized carbons (Fsp3) is 1.00. The second kappa shape index (κ2) is 7.34. The Labute approximate surface area is 106 Å². The largest absolute Gasteiger partial charge is 0.394 e. The molecule has 0 saturated heterocycles. The summed E-state index contributed by atoms with van der Waals surface area (Å²) in [6.07, 6.45) is 8.76. The lowest BCUT2D eigenvalue weighted by Gasteiger charge is -2.28. The van der Waals surface area contributed by atoms with Gasteiger partial charge in [0.1, 0.15) is 0 Å². The maximum atomic E-state index is 9.35. The minimum absolute atomic E-state index is 0.0419. The first kappa shape index (κ1) is 14.9. The fourth-order valence-electron chi connectivity index (χ4n) is 2.19. The van der Waals surface area contributed by atoms with Gasteiger partial charge in [0.05, 0.1) is 24.9 Å². The maximum absolute atomic E-state index is 9.35. The van der Waals surface area contributed by atoms with Gasteiger partial charge in [-0.2, -0.15) is 0 Å². The number of hydrogen-bond donors (Lipinski definition) is 2. The van der Waals surface area contributed by atoms with Crippen LogP contribution in [0, 0.1) is 5.92 Å². The monoisotopic (exact) mass is 243 g/mol. The van der Waals surface area contributed by atoms with E-state index >= 15 is 0 Å². The molecule has 0 aliphatic heterocycles. The second-order valence-electron chi connectivity index (χ2n) is 5.64. The highest BCUT2D eigenvalue weighted by Gasteiger charge is 2.42. The molecule has 1 rings (SSSR count). The standard InChI is InChI=1S/C14H29NO2/c1-3-4-5-6-7-12(2)17-11-14(15,10-16)13-8-9-13/h12-13,16H,3-11,15H2,1-2H3. The minimum Gasteiger partial charge on any atom is -0.394 e. The molecule has 3 heteroatoms. The summed E-state index contributed by atoms with van der Waals surface area (Å²) in [6, 6.07) is 0. The molecule has 0 spiro atoms. The number of unbranched alkanes of at least 4 members (excludes halogenated alkanes) is 3. The lowest BCUT2D eigenvalue weighted by molar-refractivity contribution is -0.0000510. The predicted molar refractivity (Wildman–Crippen MR) is 70.9 cm³/mol. The van der Waals surface area contributed by atoms with Crippen molar-refractivity contribution in [2.45, 2.75) is 70.4 Å². The van der Waals surface area contributed by atoms with E-state index in [0.29, 0.717) is 12.5 Å². The predicted octanol–water partition coefficient (Wildman–Crippen LogP) is 2.46. The summed E-state index contributed by atoms with van der Waals surface area (Å²) in [5.41, 5.74) is 5.66. The number of hydrogen-bond acceptors (Lipinski definition) is 3. The normalized spacial score (nSPS) is 21.2. The van der Waals surface area contributed by atoms with Crippen LogP contribution in [0.3, 0.4) is 0 Å². The molecule has 0 amide bonds. The van der Waals surface area contributed by atoms with Crippen molar-refractivity contribution in [3.63, 3.8) is 0 Å². The highest BCUT2D eigenvalue weighted by atomic mass is 16.5. The molecule has 0 bridgehead atoms. The van der Waals surface area contributed by atoms with Crippen molar-refractivity contribution >= 4 is 0 Å². The average Bonchev–Trinajstić information content (AvgIpc) is 3.16. The van der Waals surface area contributed by atoms with Crippen LogP contribution in [0.25, 0.3) is 0 Å². The van der Waals surface area contributed by atoms with Crippen LogP contribution in [0.5, 0.6) is 0 Å². The molecule has 0 radical (unpaired) electrons. The van der Waals surface area contributed by atoms with Gasteiger partial charge in [-0.1, -0.05) is 32.6 Å². The Morgan fingerprint density at radius 3 is 2.59 bits per heavy atom. The van der Waals surface area contributed by atoms with E-state index in [1.54, 1.807) is 0 Å². The van der Waals surface area contributed by atoms with Crippen LogP contribution in [0.1, 0.15) is 58.8 Å². The molecule has 1 fully saturated rings. The van der Waals surface area contributed by atoms with Gasteiger partial charge in [0.15, 0.2) is 0 Å². The van der Waals surface area contributed by atoms with E-state index in [4.69, 9.17) is 10.5 Å². The minimum atomic E-state index is -0.488. The van der Waals surface area contributed by atoms with E-state index in [1.807, 2.05) is 0 Å². The van der Waals surface area contributed by atoms with E-state index in [1.165, 1.54) is 25.7 Å². The van der Waals surface area contributed by atoms with Gasteiger partial charge in [-0.05, 0) is 32.1 Å². The molecule has 0 heterocycles. The van der Waals surface area contributed by atoms with Gasteiger partial charge in [-0.25, -0.2) is 0 Å². The van der Waals surface area contributed by atoms with Crippen molar-refractivity contribution in [3.8, 4) is 0 Å². The van der Waals surface area contributed by atoms with Gasteiger partial charge in [0.2, 0.25) is 0 Å². The van der Waals surface area contributed by atoms with Gasteiger partial charge in [0.25, 0.3) is 0 Å². The first-order valence-corrected chi connectivity index (χ1v) is 7.13. The van der Waals surface area contributed by atoms with Crippen LogP contribution in [0.2, 0.25) is 0 Å². The third-order valence-electron chi connectivity index (χ3n) is 3.79. The molecule has 1 aliphatic carbocycles. The Morgan fingerprint density at radius 2 is 2.06 bits per heavy atom. The van der Waals surface area contributed by atoms with Gasteiger partial charge < -0.3 is 15.6 Å². The molecule has 0 aromatic heterocycles. The van der Waals surface area contributed by atoms with Crippen molar-refractivity contribution < 1.29 is 9.84 Å². The first-order chi connectivity index (χ1) is 8.12. The molecule has 2 unspecified atom stereocenters. The number of aliphatic hydroxyl groups excluding tert-OH is 1. The van der Waals surface area contributed by atoms with Crippen LogP contribution in [0.4, 0.5) is 0 Å². The Morgan fingerprint density at radius 1 is 1.35 bits per heavy atom. The van der Waals surface area contributed by atoms with Crippen molar-refractivity contribution in [1.82, 2.24) is 0 Å². The fourth-order valence-corrected chi connectivity index (χ4v) is 2.19. The third-order valence-corrected chi connectivity index (χ3v) is 3.79. The molecule has 3 N–H and O–H groups in total. The quantitative estimate of drug-likeness (QED) is 0.580. The summed E-state index contributed by atoms with van der Waals surface area (Å²) < 4.78 is 5.79. The molecular weight excluding hydrogens is 214 g/mol. The van der Waals surface area contributed by atoms with E-state index in [-0.39, 0.29) is 12.7 Å². The van der Waals surface area contributed by atoms with Gasteiger partial charge in [-0.15, -0.1) is 0 Å². The van der Waals surface area contributed by atoms with Gasteiger partial charge >= 0.3 is 0 Å². The zero-order valence-electron chi connectivity index (χ0n) is 11.5. The Hall–Kier alpha value is -0.120. The lowest BCUT2D eigenvalue weighted by Crippen LogP contribution is -2.50. The lowest BCUT2D eigenvalue weighted by atomic mass is 9.97. The highest BCUT2D eigenvalue weighted by Crippen LogP contribution is 2.38. The molecule has 3 nitrogen and oxygen atoms in total. The van der Waals surface area contributed by atoms with Crippen molar-refractivity contribution in [2.75, 3.05) is 13.2 Å². The Kier molecular flexibility index (Phi) is 6.45. The number of ether oxygens (including phenoxy) is 1. The SMILES string of the molecule is CCCCCCC(C)OCC(N)(CO)C1CC1. The van der Waals surface area contributed by atoms with E-state index in [0.717, 1.165) is 19.3 Å². The van der Waals surface area contributed by atoms with Crippen molar-refractivity contribution in [3.05, 3.63) is 0 Å².